The van der Waals surface area contributed by atoms with Gasteiger partial charge in [-0.3, -0.25) is 0 Å². The van der Waals surface area contributed by atoms with Gasteiger partial charge in [-0.05, 0) is 12.3 Å². The second-order valence-corrected chi connectivity index (χ2v) is 3.73. The van der Waals surface area contributed by atoms with Crippen molar-refractivity contribution in [3.05, 3.63) is 0 Å². The van der Waals surface area contributed by atoms with Crippen molar-refractivity contribution in [1.29, 1.82) is 0 Å². The van der Waals surface area contributed by atoms with E-state index in [1.165, 1.54) is 4.90 Å². The Morgan fingerprint density at radius 1 is 1.67 bits per heavy atom. The van der Waals surface area contributed by atoms with Gasteiger partial charge < -0.3 is 20.5 Å². The summed E-state index contributed by atoms with van der Waals surface area (Å²) in [7, 11) is 0. The molecule has 0 saturated carbocycles. The quantitative estimate of drug-likeness (QED) is 0.572. The number of carbonyl (C=O) groups excluding carboxylic acids is 1. The monoisotopic (exact) mass is 171 g/mol. The normalized spacial score (nSPS) is 29.8. The first-order chi connectivity index (χ1) is 5.52. The SMILES string of the molecule is CC(C)[C@H]1C[C@@H](N)CN1C(=O)[O-]. The molecule has 1 amide bonds. The highest BCUT2D eigenvalue weighted by atomic mass is 16.4. The topological polar surface area (TPSA) is 69.4 Å². The van der Waals surface area contributed by atoms with Crippen LogP contribution >= 0.6 is 0 Å². The molecule has 12 heavy (non-hydrogen) atoms. The van der Waals surface area contributed by atoms with Gasteiger partial charge in [0, 0.05) is 18.6 Å². The van der Waals surface area contributed by atoms with Crippen LogP contribution in [-0.2, 0) is 0 Å². The van der Waals surface area contributed by atoms with Crippen LogP contribution in [0, 0.1) is 5.92 Å². The van der Waals surface area contributed by atoms with Crippen molar-refractivity contribution >= 4 is 6.09 Å². The molecule has 1 aliphatic heterocycles. The van der Waals surface area contributed by atoms with Crippen molar-refractivity contribution in [3.8, 4) is 0 Å². The molecule has 2 N–H and O–H groups in total. The average molecular weight is 171 g/mol. The number of carboxylic acid groups (broad SMARTS) is 1. The van der Waals surface area contributed by atoms with E-state index in [-0.39, 0.29) is 12.1 Å². The molecule has 1 fully saturated rings. The third-order valence-corrected chi connectivity index (χ3v) is 2.38. The van der Waals surface area contributed by atoms with Crippen molar-refractivity contribution in [2.45, 2.75) is 32.4 Å². The minimum Gasteiger partial charge on any atom is -0.530 e. The number of amides is 1. The van der Waals surface area contributed by atoms with Gasteiger partial charge in [0.05, 0.1) is 0 Å². The predicted molar refractivity (Wildman–Crippen MR) is 43.3 cm³/mol. The molecule has 70 valence electrons. The molecule has 0 aliphatic carbocycles. The minimum atomic E-state index is -1.10. The summed E-state index contributed by atoms with van der Waals surface area (Å²) in [4.78, 5) is 12.0. The number of hydrogen-bond acceptors (Lipinski definition) is 3. The summed E-state index contributed by atoms with van der Waals surface area (Å²) >= 11 is 0. The van der Waals surface area contributed by atoms with Crippen LogP contribution in [0.5, 0.6) is 0 Å². The molecular formula is C8H15N2O2-. The third-order valence-electron chi connectivity index (χ3n) is 2.38. The maximum Gasteiger partial charge on any atom is 0.137 e. The van der Waals surface area contributed by atoms with Gasteiger partial charge in [0.15, 0.2) is 0 Å². The summed E-state index contributed by atoms with van der Waals surface area (Å²) in [5, 5.41) is 10.6. The Hall–Kier alpha value is -0.770. The molecule has 4 heteroatoms. The maximum atomic E-state index is 10.6. The van der Waals surface area contributed by atoms with Crippen LogP contribution in [0.3, 0.4) is 0 Å². The van der Waals surface area contributed by atoms with Crippen LogP contribution in [0.25, 0.3) is 0 Å². The molecule has 0 unspecified atom stereocenters. The number of likely N-dealkylation sites (tertiary alicyclic amines) is 1. The molecule has 0 aromatic rings. The van der Waals surface area contributed by atoms with Gasteiger partial charge in [-0.25, -0.2) is 0 Å². The van der Waals surface area contributed by atoms with Crippen molar-refractivity contribution in [3.63, 3.8) is 0 Å². The van der Waals surface area contributed by atoms with Gasteiger partial charge in [0.1, 0.15) is 6.09 Å². The molecule has 0 aromatic heterocycles. The van der Waals surface area contributed by atoms with Gasteiger partial charge in [-0.2, -0.15) is 0 Å². The zero-order valence-corrected chi connectivity index (χ0v) is 7.49. The highest BCUT2D eigenvalue weighted by molar-refractivity contribution is 5.63. The summed E-state index contributed by atoms with van der Waals surface area (Å²) < 4.78 is 0. The minimum absolute atomic E-state index is 0.0182. The fourth-order valence-electron chi connectivity index (χ4n) is 1.74. The summed E-state index contributed by atoms with van der Waals surface area (Å²) in [5.74, 6) is 0.316. The second-order valence-electron chi connectivity index (χ2n) is 3.73. The molecule has 0 bridgehead atoms. The lowest BCUT2D eigenvalue weighted by Crippen LogP contribution is -2.46. The van der Waals surface area contributed by atoms with E-state index in [2.05, 4.69) is 0 Å². The number of nitrogens with zero attached hydrogens (tertiary/aromatic N) is 1. The van der Waals surface area contributed by atoms with Crippen LogP contribution < -0.4 is 10.8 Å². The van der Waals surface area contributed by atoms with Crippen molar-refractivity contribution in [1.82, 2.24) is 4.90 Å². The van der Waals surface area contributed by atoms with Crippen LogP contribution in [0.2, 0.25) is 0 Å². The van der Waals surface area contributed by atoms with E-state index in [4.69, 9.17) is 5.73 Å². The first-order valence-corrected chi connectivity index (χ1v) is 4.25. The van der Waals surface area contributed by atoms with Gasteiger partial charge >= 0.3 is 0 Å². The Balaban J connectivity index is 2.65. The van der Waals surface area contributed by atoms with Gasteiger partial charge in [-0.15, -0.1) is 0 Å². The lowest BCUT2D eigenvalue weighted by atomic mass is 10.0. The number of hydrogen-bond donors (Lipinski definition) is 1. The van der Waals surface area contributed by atoms with E-state index in [1.807, 2.05) is 13.8 Å². The lowest BCUT2D eigenvalue weighted by molar-refractivity contribution is -0.267. The molecule has 1 saturated heterocycles. The number of carbonyl (C=O) groups is 1. The molecular weight excluding hydrogens is 156 g/mol. The molecule has 1 rings (SSSR count). The molecule has 1 heterocycles. The first-order valence-electron chi connectivity index (χ1n) is 4.25. The summed E-state index contributed by atoms with van der Waals surface area (Å²) in [6, 6.07) is 0.0281. The van der Waals surface area contributed by atoms with Crippen molar-refractivity contribution < 1.29 is 9.90 Å². The average Bonchev–Trinajstić information content (AvgIpc) is 2.31. The number of nitrogens with two attached hydrogens (primary N) is 1. The molecule has 0 aromatic carbocycles. The maximum absolute atomic E-state index is 10.6. The van der Waals surface area contributed by atoms with E-state index in [0.717, 1.165) is 6.42 Å². The Bertz CT molecular complexity index is 182. The van der Waals surface area contributed by atoms with Crippen LogP contribution in [0.15, 0.2) is 0 Å². The summed E-state index contributed by atoms with van der Waals surface area (Å²) in [6.45, 7) is 4.42. The van der Waals surface area contributed by atoms with Crippen molar-refractivity contribution in [2.75, 3.05) is 6.54 Å². The smallest absolute Gasteiger partial charge is 0.137 e. The zero-order valence-electron chi connectivity index (χ0n) is 7.49. The Kier molecular flexibility index (Phi) is 2.57. The largest absolute Gasteiger partial charge is 0.530 e. The molecule has 0 radical (unpaired) electrons. The lowest BCUT2D eigenvalue weighted by Gasteiger charge is -2.29. The highest BCUT2D eigenvalue weighted by Gasteiger charge is 2.31. The molecule has 2 atom stereocenters. The molecule has 1 aliphatic rings. The Morgan fingerprint density at radius 3 is 2.58 bits per heavy atom. The van der Waals surface area contributed by atoms with Crippen molar-refractivity contribution in [2.24, 2.45) is 11.7 Å². The van der Waals surface area contributed by atoms with E-state index in [0.29, 0.717) is 12.5 Å². The first kappa shape index (κ1) is 9.32. The van der Waals surface area contributed by atoms with E-state index in [9.17, 15) is 9.90 Å². The third kappa shape index (κ3) is 1.69. The van der Waals surface area contributed by atoms with Gasteiger partial charge in [0.25, 0.3) is 0 Å². The van der Waals surface area contributed by atoms with Gasteiger partial charge in [0.2, 0.25) is 0 Å². The second kappa shape index (κ2) is 3.31. The fourth-order valence-corrected chi connectivity index (χ4v) is 1.74. The predicted octanol–water partition coefficient (Wildman–Crippen LogP) is -0.613. The Labute approximate surface area is 72.3 Å². The van der Waals surface area contributed by atoms with Crippen LogP contribution in [0.1, 0.15) is 20.3 Å². The zero-order chi connectivity index (χ0) is 9.30. The summed E-state index contributed by atoms with van der Waals surface area (Å²) in [6.07, 6.45) is -0.340. The highest BCUT2D eigenvalue weighted by Crippen LogP contribution is 2.22. The molecule has 4 nitrogen and oxygen atoms in total. The van der Waals surface area contributed by atoms with E-state index >= 15 is 0 Å². The Morgan fingerprint density at radius 2 is 2.25 bits per heavy atom. The summed E-state index contributed by atoms with van der Waals surface area (Å²) in [5.41, 5.74) is 5.66. The standard InChI is InChI=1S/C8H16N2O2/c1-5(2)7-3-6(9)4-10(7)8(11)12/h5-7H,3-4,9H2,1-2H3,(H,11,12)/p-1/t6-,7-/m1/s1. The van der Waals surface area contributed by atoms with Crippen LogP contribution in [0.4, 0.5) is 4.79 Å². The van der Waals surface area contributed by atoms with Gasteiger partial charge in [-0.1, -0.05) is 13.8 Å². The van der Waals surface area contributed by atoms with Crippen LogP contribution in [-0.4, -0.2) is 29.6 Å². The van der Waals surface area contributed by atoms with E-state index < -0.39 is 6.09 Å². The molecule has 0 spiro atoms. The number of rotatable bonds is 1. The fraction of sp³-hybridized carbons (Fsp3) is 0.875. The van der Waals surface area contributed by atoms with E-state index in [1.54, 1.807) is 0 Å².